The fourth-order valence-corrected chi connectivity index (χ4v) is 7.53. The molecule has 10 nitrogen and oxygen atoms in total. The molecule has 11 heteroatoms. The Labute approximate surface area is 238 Å². The summed E-state index contributed by atoms with van der Waals surface area (Å²) in [4.78, 5) is 43.7. The molecule has 1 unspecified atom stereocenters. The number of amides is 1. The first-order valence-corrected chi connectivity index (χ1v) is 14.1. The smallest absolute Gasteiger partial charge is 0.258 e. The molecule has 0 radical (unpaired) electrons. The number of aromatic hydroxyl groups is 1. The van der Waals surface area contributed by atoms with Crippen LogP contribution < -0.4 is 5.32 Å². The second kappa shape index (κ2) is 10.2. The minimum atomic E-state index is -2.68. The Bertz CT molecular complexity index is 1400. The number of hydrogen-bond acceptors (Lipinski definition) is 9. The van der Waals surface area contributed by atoms with Gasteiger partial charge in [0.2, 0.25) is 5.78 Å². The van der Waals surface area contributed by atoms with Crippen LogP contribution in [0.4, 0.5) is 4.39 Å². The van der Waals surface area contributed by atoms with Crippen molar-refractivity contribution in [2.75, 3.05) is 34.2 Å². The summed E-state index contributed by atoms with van der Waals surface area (Å²) in [6.07, 6.45) is 1.48. The minimum Gasteiger partial charge on any atom is -0.510 e. The molecule has 1 heterocycles. The van der Waals surface area contributed by atoms with E-state index in [-0.39, 0.29) is 35.6 Å². The molecule has 3 aliphatic carbocycles. The minimum absolute atomic E-state index is 0.0442. The molecule has 1 aliphatic heterocycles. The fourth-order valence-electron chi connectivity index (χ4n) is 7.53. The van der Waals surface area contributed by atoms with Crippen molar-refractivity contribution >= 4 is 17.5 Å². The van der Waals surface area contributed by atoms with Crippen molar-refractivity contribution in [3.63, 3.8) is 0 Å². The second-order valence-corrected chi connectivity index (χ2v) is 12.4. The van der Waals surface area contributed by atoms with E-state index in [1.165, 1.54) is 18.0 Å². The lowest BCUT2D eigenvalue weighted by molar-refractivity contribution is -0.148. The van der Waals surface area contributed by atoms with Crippen molar-refractivity contribution in [3.8, 4) is 5.75 Å². The number of phenolic OH excluding ortho intramolecular Hbond substituents is 1. The number of fused-ring (bicyclic) bond motifs is 3. The monoisotopic (exact) mass is 571 g/mol. The van der Waals surface area contributed by atoms with Gasteiger partial charge in [-0.25, -0.2) is 4.39 Å². The molecule has 1 aromatic carbocycles. The summed E-state index contributed by atoms with van der Waals surface area (Å²) >= 11 is 0. The van der Waals surface area contributed by atoms with E-state index in [2.05, 4.69) is 24.1 Å². The van der Waals surface area contributed by atoms with Crippen LogP contribution in [0, 0.1) is 23.6 Å². The number of nitrogens with zero attached hydrogens (tertiary/aromatic N) is 2. The molecule has 1 fully saturated rings. The highest BCUT2D eigenvalue weighted by atomic mass is 19.1. The Balaban J connectivity index is 1.64. The van der Waals surface area contributed by atoms with E-state index in [4.69, 9.17) is 0 Å². The van der Waals surface area contributed by atoms with Gasteiger partial charge < -0.3 is 25.7 Å². The Kier molecular flexibility index (Phi) is 7.28. The van der Waals surface area contributed by atoms with Gasteiger partial charge >= 0.3 is 0 Å². The number of halogens is 1. The molecule has 41 heavy (non-hydrogen) atoms. The number of benzene rings is 1. The largest absolute Gasteiger partial charge is 0.510 e. The van der Waals surface area contributed by atoms with Gasteiger partial charge in [-0.1, -0.05) is 13.8 Å². The first-order chi connectivity index (χ1) is 19.2. The van der Waals surface area contributed by atoms with Crippen molar-refractivity contribution in [1.29, 1.82) is 0 Å². The van der Waals surface area contributed by atoms with Crippen LogP contribution >= 0.6 is 0 Å². The molecule has 1 amide bonds. The van der Waals surface area contributed by atoms with Gasteiger partial charge in [-0.15, -0.1) is 0 Å². The van der Waals surface area contributed by atoms with Gasteiger partial charge in [-0.3, -0.25) is 24.2 Å². The average molecular weight is 572 g/mol. The average Bonchev–Trinajstić information content (AvgIpc) is 3.34. The molecular weight excluding hydrogens is 533 g/mol. The van der Waals surface area contributed by atoms with Crippen LogP contribution in [0.2, 0.25) is 0 Å². The molecule has 0 spiro atoms. The lowest BCUT2D eigenvalue weighted by Gasteiger charge is -2.50. The number of likely N-dealkylation sites (tertiary alicyclic amines) is 1. The summed E-state index contributed by atoms with van der Waals surface area (Å²) in [5.74, 6) is -7.09. The molecule has 0 aromatic heterocycles. The Hall–Kier alpha value is -3.28. The molecule has 222 valence electrons. The Morgan fingerprint density at radius 2 is 1.93 bits per heavy atom. The zero-order chi connectivity index (χ0) is 30.1. The van der Waals surface area contributed by atoms with E-state index in [1.807, 2.05) is 0 Å². The third kappa shape index (κ3) is 4.20. The number of rotatable bonds is 5. The summed E-state index contributed by atoms with van der Waals surface area (Å²) in [7, 11) is 4.43. The quantitative estimate of drug-likeness (QED) is 0.336. The predicted octanol–water partition coefficient (Wildman–Crippen LogP) is 2.31. The second-order valence-electron chi connectivity index (χ2n) is 12.4. The van der Waals surface area contributed by atoms with Crippen molar-refractivity contribution < 1.29 is 39.2 Å². The number of phenols is 1. The van der Waals surface area contributed by atoms with E-state index in [1.54, 1.807) is 14.1 Å². The molecule has 5 N–H and O–H groups in total. The van der Waals surface area contributed by atoms with E-state index < -0.39 is 69.6 Å². The molecular formula is C30H38FN3O7. The number of allylic oxidation sites excluding steroid dienone is 1. The molecule has 5 atom stereocenters. The highest BCUT2D eigenvalue weighted by Crippen LogP contribution is 2.53. The maximum Gasteiger partial charge on any atom is 0.258 e. The first kappa shape index (κ1) is 29.2. The molecule has 1 aromatic rings. The number of carbonyl (C=O) groups is 3. The lowest BCUT2D eigenvalue weighted by atomic mass is 9.58. The Morgan fingerprint density at radius 3 is 2.54 bits per heavy atom. The van der Waals surface area contributed by atoms with Gasteiger partial charge in [-0.05, 0) is 64.2 Å². The van der Waals surface area contributed by atoms with E-state index >= 15 is 4.39 Å². The van der Waals surface area contributed by atoms with Gasteiger partial charge in [0.15, 0.2) is 11.4 Å². The normalized spacial score (nSPS) is 30.2. The summed E-state index contributed by atoms with van der Waals surface area (Å²) in [5, 5.41) is 47.6. The van der Waals surface area contributed by atoms with Crippen molar-refractivity contribution in [3.05, 3.63) is 51.2 Å². The van der Waals surface area contributed by atoms with E-state index in [0.29, 0.717) is 17.9 Å². The number of nitrogens with one attached hydrogen (secondary N) is 1. The van der Waals surface area contributed by atoms with Gasteiger partial charge in [-0.2, -0.15) is 0 Å². The number of Topliss-reactive ketones (excluding diaryl/α,β-unsaturated/α-hetero) is 2. The number of hydrogen-bond donors (Lipinski definition) is 5. The van der Waals surface area contributed by atoms with Crippen molar-refractivity contribution in [2.24, 2.45) is 17.8 Å². The predicted molar refractivity (Wildman–Crippen MR) is 147 cm³/mol. The Morgan fingerprint density at radius 1 is 1.24 bits per heavy atom. The first-order valence-electron chi connectivity index (χ1n) is 14.1. The fraction of sp³-hybridized carbons (Fsp3) is 0.567. The number of aliphatic hydroxyl groups excluding tert-OH is 2. The van der Waals surface area contributed by atoms with Crippen LogP contribution in [0.3, 0.4) is 0 Å². The van der Waals surface area contributed by atoms with Gasteiger partial charge in [0.25, 0.3) is 5.91 Å². The summed E-state index contributed by atoms with van der Waals surface area (Å²) in [6.45, 7) is 5.74. The van der Waals surface area contributed by atoms with Gasteiger partial charge in [0.1, 0.15) is 28.7 Å². The molecule has 1 saturated heterocycles. The molecule has 4 aliphatic rings. The number of ketones is 2. The molecule has 5 rings (SSSR count). The third-order valence-corrected chi connectivity index (χ3v) is 9.21. The maximum absolute atomic E-state index is 16.3. The van der Waals surface area contributed by atoms with E-state index in [0.717, 1.165) is 19.5 Å². The van der Waals surface area contributed by atoms with Gasteiger partial charge in [0.05, 0.1) is 11.6 Å². The summed E-state index contributed by atoms with van der Waals surface area (Å²) < 4.78 is 16.3. The highest BCUT2D eigenvalue weighted by molar-refractivity contribution is 6.25. The van der Waals surface area contributed by atoms with Crippen molar-refractivity contribution in [1.82, 2.24) is 15.1 Å². The number of likely N-dealkylation sites (N-methyl/N-ethyl adjacent to an activating group) is 2. The standard InChI is InChI=1S/C30H38FN3O7/c1-13(2)12-34-8-6-7-18(34)15-11-19(35)21-16(23(15)31)9-14-10-17-24(33(4)5)26(37)22(29(40)32-3)28(39)30(17,41)27(38)20(14)25(21)36/h11,13-14,17-18,24,35,37-38,41H,6-10,12H2,1-5H3,(H,32,40)/t14-,17-,18?,24-,30-/m0/s1. The lowest BCUT2D eigenvalue weighted by Crippen LogP contribution is -2.64. The van der Waals surface area contributed by atoms with E-state index in [9.17, 15) is 34.8 Å². The van der Waals surface area contributed by atoms with Crippen LogP contribution in [-0.4, -0.2) is 93.6 Å². The maximum atomic E-state index is 16.3. The molecule has 0 saturated carbocycles. The van der Waals surface area contributed by atoms with Crippen LogP contribution in [0.1, 0.15) is 60.6 Å². The van der Waals surface area contributed by atoms with Crippen LogP contribution in [0.15, 0.2) is 28.7 Å². The molecule has 0 bridgehead atoms. The highest BCUT2D eigenvalue weighted by Gasteiger charge is 2.63. The third-order valence-electron chi connectivity index (χ3n) is 9.21. The van der Waals surface area contributed by atoms with Crippen molar-refractivity contribution in [2.45, 2.75) is 57.2 Å². The number of aliphatic hydroxyl groups is 3. The zero-order valence-electron chi connectivity index (χ0n) is 24.0. The number of carbonyl (C=O) groups excluding carboxylic acids is 3. The summed E-state index contributed by atoms with van der Waals surface area (Å²) in [5.41, 5.74) is -3.60. The van der Waals surface area contributed by atoms with Crippen LogP contribution in [-0.2, 0) is 16.0 Å². The summed E-state index contributed by atoms with van der Waals surface area (Å²) in [6, 6.07) is -0.0194. The van der Waals surface area contributed by atoms with Crippen LogP contribution in [0.5, 0.6) is 5.75 Å². The topological polar surface area (TPSA) is 151 Å². The van der Waals surface area contributed by atoms with Gasteiger partial charge in [0, 0.05) is 42.3 Å². The zero-order valence-corrected chi connectivity index (χ0v) is 24.0. The van der Waals surface area contributed by atoms with Crippen LogP contribution in [0.25, 0.3) is 0 Å². The SMILES string of the molecule is CNC(=O)C1=C(O)[C@@H](N(C)C)[C@@H]2C[C@@H]3Cc4c(F)c(C5CCCN5CC(C)C)cc(O)c4C(=O)C3=C(O)[C@]2(O)C1=O.